The molecule has 0 saturated heterocycles. The minimum Gasteiger partial charge on any atom is -0.465 e. The number of amidine groups is 1. The molecule has 0 spiro atoms. The van der Waals surface area contributed by atoms with Gasteiger partial charge in [-0.1, -0.05) is 22.6 Å². The first kappa shape index (κ1) is 16.2. The molecule has 9 heteroatoms. The van der Waals surface area contributed by atoms with Gasteiger partial charge in [0.05, 0.1) is 17.1 Å². The van der Waals surface area contributed by atoms with Crippen LogP contribution in [0.5, 0.6) is 0 Å². The maximum absolute atomic E-state index is 13.4. The summed E-state index contributed by atoms with van der Waals surface area (Å²) >= 11 is 1.83. The number of rotatable bonds is 4. The third-order valence-corrected chi connectivity index (χ3v) is 3.53. The van der Waals surface area contributed by atoms with Gasteiger partial charge in [-0.15, -0.1) is 0 Å². The predicted octanol–water partition coefficient (Wildman–Crippen LogP) is 1.59. The number of aliphatic imine (C=N–C) groups is 1. The van der Waals surface area contributed by atoms with E-state index in [1.807, 2.05) is 22.6 Å². The minimum atomic E-state index is -0.559. The van der Waals surface area contributed by atoms with Crippen LogP contribution >= 0.6 is 22.6 Å². The van der Waals surface area contributed by atoms with Crippen LogP contribution in [0.3, 0.4) is 0 Å². The lowest BCUT2D eigenvalue weighted by Gasteiger charge is -2.02. The van der Waals surface area contributed by atoms with E-state index in [-0.39, 0.29) is 21.6 Å². The number of alkyl halides is 1. The molecule has 2 aromatic heterocycles. The molecule has 0 radical (unpaired) electrons. The van der Waals surface area contributed by atoms with Gasteiger partial charge >= 0.3 is 5.97 Å². The van der Waals surface area contributed by atoms with Crippen molar-refractivity contribution in [3.05, 3.63) is 41.2 Å². The number of aromatic nitrogens is 2. The molecular formula is C13H13FIN5O2. The van der Waals surface area contributed by atoms with E-state index in [1.165, 1.54) is 13.3 Å². The number of nitrogens with two attached hydrogens (primary N) is 2. The Balaban J connectivity index is 2.52. The molecule has 5 N–H and O–H groups in total. The molecule has 0 aliphatic heterocycles. The highest BCUT2D eigenvalue weighted by atomic mass is 127. The maximum Gasteiger partial charge on any atom is 0.339 e. The first-order valence-corrected chi connectivity index (χ1v) is 7.60. The second kappa shape index (κ2) is 6.73. The van der Waals surface area contributed by atoms with Crippen molar-refractivity contribution < 1.29 is 13.9 Å². The fourth-order valence-corrected chi connectivity index (χ4v) is 2.15. The molecule has 2 rings (SSSR count). The Morgan fingerprint density at radius 3 is 2.91 bits per heavy atom. The van der Waals surface area contributed by atoms with E-state index in [0.717, 1.165) is 0 Å². The first-order chi connectivity index (χ1) is 10.5. The number of hydrogen-bond donors (Lipinski definition) is 3. The number of esters is 1. The average molecular weight is 417 g/mol. The van der Waals surface area contributed by atoms with Crippen molar-refractivity contribution in [1.29, 1.82) is 0 Å². The average Bonchev–Trinajstić information content (AvgIpc) is 2.96. The Morgan fingerprint density at radius 1 is 1.55 bits per heavy atom. The number of ether oxygens (including phenoxy) is 1. The maximum atomic E-state index is 13.4. The van der Waals surface area contributed by atoms with Gasteiger partial charge in [0, 0.05) is 23.3 Å². The number of carbonyl (C=O) groups excluding carboxylic acids is 1. The lowest BCUT2D eigenvalue weighted by molar-refractivity contribution is 0.0600. The number of hydrogen-bond acceptors (Lipinski definition) is 5. The third-order valence-electron chi connectivity index (χ3n) is 2.86. The summed E-state index contributed by atoms with van der Waals surface area (Å²) in [6, 6.07) is 1.57. The summed E-state index contributed by atoms with van der Waals surface area (Å²) in [5.74, 6) is -1.34. The summed E-state index contributed by atoms with van der Waals surface area (Å²) in [5, 5.41) is 0.562. The number of allylic oxidation sites excluding steroid dienone is 1. The number of nitrogens with one attached hydrogen (secondary N) is 1. The van der Waals surface area contributed by atoms with Gasteiger partial charge in [0.1, 0.15) is 11.5 Å². The molecule has 0 aliphatic rings. The molecule has 0 aromatic carbocycles. The number of fused-ring (bicyclic) bond motifs is 1. The number of pyridine rings is 1. The summed E-state index contributed by atoms with van der Waals surface area (Å²) < 4.78 is 18.1. The van der Waals surface area contributed by atoms with E-state index in [4.69, 9.17) is 11.5 Å². The Morgan fingerprint density at radius 2 is 2.27 bits per heavy atom. The summed E-state index contributed by atoms with van der Waals surface area (Å²) in [4.78, 5) is 22.4. The lowest BCUT2D eigenvalue weighted by atomic mass is 10.1. The SMILES string of the molecule is COC(=O)c1cnc2[nH]cc(C(N)=N/C(N)=C(/F)CI)c2c1. The molecule has 2 heterocycles. The second-order valence-corrected chi connectivity index (χ2v) is 5.00. The van der Waals surface area contributed by atoms with E-state index in [0.29, 0.717) is 16.6 Å². The fraction of sp³-hybridized carbons (Fsp3) is 0.154. The third kappa shape index (κ3) is 3.18. The Labute approximate surface area is 138 Å². The van der Waals surface area contributed by atoms with Crippen molar-refractivity contribution in [3.8, 4) is 0 Å². The van der Waals surface area contributed by atoms with Crippen molar-refractivity contribution in [2.24, 2.45) is 16.5 Å². The van der Waals surface area contributed by atoms with Gasteiger partial charge in [0.25, 0.3) is 0 Å². The van der Waals surface area contributed by atoms with Crippen LogP contribution in [0.1, 0.15) is 15.9 Å². The zero-order valence-corrected chi connectivity index (χ0v) is 13.7. The van der Waals surface area contributed by atoms with Gasteiger partial charge in [-0.3, -0.25) is 0 Å². The normalized spacial score (nSPS) is 13.1. The number of halogens is 2. The van der Waals surface area contributed by atoms with Gasteiger partial charge in [0.15, 0.2) is 11.6 Å². The van der Waals surface area contributed by atoms with Crippen LogP contribution in [-0.2, 0) is 4.74 Å². The smallest absolute Gasteiger partial charge is 0.339 e. The van der Waals surface area contributed by atoms with E-state index in [9.17, 15) is 9.18 Å². The van der Waals surface area contributed by atoms with Gasteiger partial charge in [-0.2, -0.15) is 0 Å². The van der Waals surface area contributed by atoms with Crippen LogP contribution in [0.4, 0.5) is 4.39 Å². The van der Waals surface area contributed by atoms with Gasteiger partial charge in [0.2, 0.25) is 0 Å². The molecule has 0 saturated carbocycles. The largest absolute Gasteiger partial charge is 0.465 e. The molecule has 0 fully saturated rings. The molecule has 0 unspecified atom stereocenters. The monoisotopic (exact) mass is 417 g/mol. The molecule has 0 amide bonds. The number of methoxy groups -OCH3 is 1. The van der Waals surface area contributed by atoms with Crippen LogP contribution in [-0.4, -0.2) is 33.3 Å². The first-order valence-electron chi connectivity index (χ1n) is 6.08. The van der Waals surface area contributed by atoms with E-state index < -0.39 is 11.8 Å². The van der Waals surface area contributed by atoms with Crippen molar-refractivity contribution in [2.75, 3.05) is 11.5 Å². The van der Waals surface area contributed by atoms with Crippen LogP contribution in [0.15, 0.2) is 35.1 Å². The zero-order chi connectivity index (χ0) is 16.3. The van der Waals surface area contributed by atoms with Crippen molar-refractivity contribution in [1.82, 2.24) is 9.97 Å². The molecular weight excluding hydrogens is 404 g/mol. The molecule has 2 aromatic rings. The van der Waals surface area contributed by atoms with Gasteiger partial charge < -0.3 is 21.2 Å². The Bertz CT molecular complexity index is 784. The van der Waals surface area contributed by atoms with Crippen molar-refractivity contribution in [2.45, 2.75) is 0 Å². The molecule has 0 atom stereocenters. The molecule has 22 heavy (non-hydrogen) atoms. The molecule has 7 nitrogen and oxygen atoms in total. The summed E-state index contributed by atoms with van der Waals surface area (Å²) in [6.45, 7) is 0. The van der Waals surface area contributed by atoms with Gasteiger partial charge in [-0.25, -0.2) is 19.2 Å². The van der Waals surface area contributed by atoms with Crippen LogP contribution in [0.25, 0.3) is 11.0 Å². The van der Waals surface area contributed by atoms with Crippen molar-refractivity contribution in [3.63, 3.8) is 0 Å². The molecule has 116 valence electrons. The van der Waals surface area contributed by atoms with Gasteiger partial charge in [-0.05, 0) is 6.07 Å². The lowest BCUT2D eigenvalue weighted by Crippen LogP contribution is -2.15. The fourth-order valence-electron chi connectivity index (χ4n) is 1.76. The quantitative estimate of drug-likeness (QED) is 0.230. The summed E-state index contributed by atoms with van der Waals surface area (Å²) in [7, 11) is 1.28. The molecule has 0 aliphatic carbocycles. The standard InChI is InChI=1S/C13H13FIN5O2/c1-22-13(21)6-2-7-8(5-19-12(7)18-4-6)10(16)20-11(17)9(14)3-15/h2,4-5H,3,17H2,1H3,(H2,16,20)(H,18,19)/b11-9+. The van der Waals surface area contributed by atoms with E-state index in [1.54, 1.807) is 12.3 Å². The van der Waals surface area contributed by atoms with Crippen LogP contribution in [0, 0.1) is 0 Å². The topological polar surface area (TPSA) is 119 Å². The number of aromatic amines is 1. The second-order valence-electron chi connectivity index (χ2n) is 4.23. The van der Waals surface area contributed by atoms with E-state index in [2.05, 4.69) is 19.7 Å². The predicted molar refractivity (Wildman–Crippen MR) is 89.4 cm³/mol. The molecule has 0 bridgehead atoms. The number of nitrogens with zero attached hydrogens (tertiary/aromatic N) is 2. The zero-order valence-electron chi connectivity index (χ0n) is 11.6. The van der Waals surface area contributed by atoms with E-state index >= 15 is 0 Å². The highest BCUT2D eigenvalue weighted by molar-refractivity contribution is 14.1. The Kier molecular flexibility index (Phi) is 4.96. The number of H-pyrrole nitrogens is 1. The summed E-state index contributed by atoms with van der Waals surface area (Å²) in [5.41, 5.74) is 12.6. The summed E-state index contributed by atoms with van der Waals surface area (Å²) in [6.07, 6.45) is 2.94. The van der Waals surface area contributed by atoms with Crippen LogP contribution < -0.4 is 11.5 Å². The van der Waals surface area contributed by atoms with Crippen LogP contribution in [0.2, 0.25) is 0 Å². The number of carbonyl (C=O) groups is 1. The Hall–Kier alpha value is -2.17. The minimum absolute atomic E-state index is 0.0209. The highest BCUT2D eigenvalue weighted by Gasteiger charge is 2.13. The highest BCUT2D eigenvalue weighted by Crippen LogP contribution is 2.19. The van der Waals surface area contributed by atoms with Crippen molar-refractivity contribution >= 4 is 45.4 Å².